The van der Waals surface area contributed by atoms with E-state index in [-0.39, 0.29) is 17.9 Å². The number of benzene rings is 2. The van der Waals surface area contributed by atoms with Crippen molar-refractivity contribution in [2.45, 2.75) is 25.3 Å². The fourth-order valence-electron chi connectivity index (χ4n) is 5.63. The number of anilines is 2. The van der Waals surface area contributed by atoms with Crippen LogP contribution in [0.5, 0.6) is 0 Å². The summed E-state index contributed by atoms with van der Waals surface area (Å²) in [5.41, 5.74) is 8.67. The highest BCUT2D eigenvalue weighted by Crippen LogP contribution is 2.42. The lowest BCUT2D eigenvalue weighted by Crippen LogP contribution is -2.35. The van der Waals surface area contributed by atoms with E-state index < -0.39 is 6.09 Å². The maximum absolute atomic E-state index is 13.8. The van der Waals surface area contributed by atoms with Crippen LogP contribution in [0.1, 0.15) is 41.5 Å². The van der Waals surface area contributed by atoms with Gasteiger partial charge in [0.05, 0.1) is 18.8 Å². The Bertz CT molecular complexity index is 1370. The lowest BCUT2D eigenvalue weighted by Gasteiger charge is -2.28. The molecule has 1 unspecified atom stereocenters. The molecule has 11 nitrogen and oxygen atoms in total. The zero-order chi connectivity index (χ0) is 28.2. The van der Waals surface area contributed by atoms with Gasteiger partial charge in [0.2, 0.25) is 0 Å². The molecule has 210 valence electrons. The molecule has 3 heterocycles. The van der Waals surface area contributed by atoms with E-state index >= 15 is 0 Å². The third kappa shape index (κ3) is 6.05. The average molecular weight is 565 g/mol. The molecule has 2 aliphatic rings. The van der Waals surface area contributed by atoms with E-state index in [0.717, 1.165) is 37.9 Å². The second-order valence-corrected chi connectivity index (χ2v) is 10.5. The zero-order valence-electron chi connectivity index (χ0n) is 22.2. The molecule has 0 radical (unpaired) electrons. The number of carbonyl (C=O) groups excluding carboxylic acids is 2. The molecule has 2 saturated heterocycles. The van der Waals surface area contributed by atoms with Gasteiger partial charge in [0.1, 0.15) is 5.82 Å². The summed E-state index contributed by atoms with van der Waals surface area (Å²) in [6.45, 7) is 2.62. The molecule has 2 atom stereocenters. The molecule has 5 rings (SSSR count). The molecule has 7 N–H and O–H groups in total. The molecule has 1 aromatic heterocycles. The van der Waals surface area contributed by atoms with E-state index in [4.69, 9.17) is 22.7 Å². The van der Waals surface area contributed by atoms with Crippen LogP contribution in [0.4, 0.5) is 16.2 Å². The third-order valence-electron chi connectivity index (χ3n) is 7.65. The minimum Gasteiger partial charge on any atom is -0.453 e. The van der Waals surface area contributed by atoms with Gasteiger partial charge in [0.25, 0.3) is 5.91 Å². The molecule has 2 aliphatic heterocycles. The van der Waals surface area contributed by atoms with Gasteiger partial charge in [-0.1, -0.05) is 23.7 Å². The fourth-order valence-corrected chi connectivity index (χ4v) is 5.88. The largest absolute Gasteiger partial charge is 0.453 e. The first-order valence-corrected chi connectivity index (χ1v) is 13.6. The number of amides is 2. The van der Waals surface area contributed by atoms with E-state index in [2.05, 4.69) is 30.7 Å². The van der Waals surface area contributed by atoms with Gasteiger partial charge in [0, 0.05) is 29.0 Å². The predicted molar refractivity (Wildman–Crippen MR) is 155 cm³/mol. The summed E-state index contributed by atoms with van der Waals surface area (Å²) in [7, 11) is 1.31. The Morgan fingerprint density at radius 3 is 2.35 bits per heavy atom. The van der Waals surface area contributed by atoms with Crippen molar-refractivity contribution in [2.24, 2.45) is 17.6 Å². The Labute approximate surface area is 237 Å². The number of rotatable bonds is 6. The summed E-state index contributed by atoms with van der Waals surface area (Å²) in [5, 5.41) is 16.5. The number of nitrogens with two attached hydrogens (primary N) is 1. The lowest BCUT2D eigenvalue weighted by molar-refractivity contribution is 0.0721. The number of guanidine groups is 1. The second-order valence-electron chi connectivity index (χ2n) is 10.2. The molecular weight excluding hydrogens is 532 g/mol. The predicted octanol–water partition coefficient (Wildman–Crippen LogP) is 4.42. The Hall–Kier alpha value is -4.09. The quantitative estimate of drug-likeness (QED) is 0.191. The van der Waals surface area contributed by atoms with Gasteiger partial charge in [-0.15, -0.1) is 0 Å². The van der Waals surface area contributed by atoms with Gasteiger partial charge in [-0.2, -0.15) is 0 Å². The molecule has 0 spiro atoms. The summed E-state index contributed by atoms with van der Waals surface area (Å²) in [6, 6.07) is 13.9. The molecule has 3 aromatic rings. The van der Waals surface area contributed by atoms with Crippen LogP contribution in [-0.2, 0) is 4.74 Å². The van der Waals surface area contributed by atoms with Crippen LogP contribution in [0.15, 0.2) is 48.5 Å². The van der Waals surface area contributed by atoms with Crippen molar-refractivity contribution >= 4 is 40.9 Å². The summed E-state index contributed by atoms with van der Waals surface area (Å²) < 4.78 is 4.64. The smallest absolute Gasteiger partial charge is 0.411 e. The second kappa shape index (κ2) is 12.0. The van der Waals surface area contributed by atoms with Crippen LogP contribution in [0, 0.1) is 17.2 Å². The Morgan fingerprint density at radius 1 is 1.05 bits per heavy atom. The number of likely N-dealkylation sites (tertiary alicyclic amines) is 1. The number of ether oxygens (including phenoxy) is 1. The molecule has 2 fully saturated rings. The number of aromatic amines is 1. The van der Waals surface area contributed by atoms with Crippen molar-refractivity contribution in [1.29, 1.82) is 5.41 Å². The summed E-state index contributed by atoms with van der Waals surface area (Å²) >= 11 is 6.61. The van der Waals surface area contributed by atoms with Crippen molar-refractivity contribution in [3.8, 4) is 11.3 Å². The first-order valence-electron chi connectivity index (χ1n) is 13.3. The van der Waals surface area contributed by atoms with Crippen LogP contribution in [0.2, 0.25) is 5.15 Å². The maximum atomic E-state index is 13.8. The molecule has 0 aliphatic carbocycles. The third-order valence-corrected chi connectivity index (χ3v) is 7.93. The number of hydrogen-bond donors (Lipinski definition) is 6. The molecule has 12 heteroatoms. The standard InChI is InChI=1S/C28H33ClN8O3/c1-40-28(39)34-21-6-2-17(3-7-21)23-24(29)36-25(35-23)22-14-19(16-10-12-32-13-11-16)15-37(22)26(38)18-4-8-20(9-5-18)33-27(30)31/h2-9,16,19,22,32H,10-15H2,1H3,(H,34,39)(H,35,36)(H4,30,31,33)/t19?,22-/m0/s1. The number of piperidine rings is 1. The van der Waals surface area contributed by atoms with Crippen molar-refractivity contribution in [3.63, 3.8) is 0 Å². The van der Waals surface area contributed by atoms with Crippen LogP contribution in [0.3, 0.4) is 0 Å². The number of carbonyl (C=O) groups is 2. The Morgan fingerprint density at radius 2 is 1.70 bits per heavy atom. The Balaban J connectivity index is 1.41. The highest BCUT2D eigenvalue weighted by Gasteiger charge is 2.41. The van der Waals surface area contributed by atoms with Gasteiger partial charge in [0.15, 0.2) is 11.1 Å². The number of nitrogens with one attached hydrogen (secondary N) is 5. The number of hydrogen-bond acceptors (Lipinski definition) is 6. The average Bonchev–Trinajstić information content (AvgIpc) is 3.58. The molecule has 0 saturated carbocycles. The highest BCUT2D eigenvalue weighted by molar-refractivity contribution is 6.31. The molecular formula is C28H33ClN8O3. The maximum Gasteiger partial charge on any atom is 0.411 e. The van der Waals surface area contributed by atoms with Gasteiger partial charge >= 0.3 is 6.09 Å². The van der Waals surface area contributed by atoms with Crippen LogP contribution < -0.4 is 21.7 Å². The Kier molecular flexibility index (Phi) is 8.22. The van der Waals surface area contributed by atoms with Gasteiger partial charge in [-0.05, 0) is 80.6 Å². The minimum absolute atomic E-state index is 0.0804. The summed E-state index contributed by atoms with van der Waals surface area (Å²) in [6.07, 6.45) is 2.42. The van der Waals surface area contributed by atoms with E-state index in [1.54, 1.807) is 36.4 Å². The van der Waals surface area contributed by atoms with Crippen LogP contribution >= 0.6 is 11.6 Å². The topological polar surface area (TPSA) is 161 Å². The van der Waals surface area contributed by atoms with E-state index in [0.29, 0.717) is 52.0 Å². The van der Waals surface area contributed by atoms with E-state index in [1.165, 1.54) is 7.11 Å². The normalized spacial score (nSPS) is 19.3. The van der Waals surface area contributed by atoms with Crippen molar-refractivity contribution in [3.05, 3.63) is 65.1 Å². The number of aromatic nitrogens is 2. The molecule has 2 aromatic carbocycles. The van der Waals surface area contributed by atoms with Crippen molar-refractivity contribution < 1.29 is 14.3 Å². The van der Waals surface area contributed by atoms with E-state index in [9.17, 15) is 9.59 Å². The monoisotopic (exact) mass is 564 g/mol. The molecule has 0 bridgehead atoms. The first kappa shape index (κ1) is 27.5. The van der Waals surface area contributed by atoms with Gasteiger partial charge in [-0.3, -0.25) is 15.5 Å². The number of nitrogens with zero attached hydrogens (tertiary/aromatic N) is 2. The van der Waals surface area contributed by atoms with Crippen molar-refractivity contribution in [2.75, 3.05) is 37.4 Å². The fraction of sp³-hybridized carbons (Fsp3) is 0.357. The SMILES string of the molecule is COC(=O)Nc1ccc(-c2[nH]c([C@@H]3CC(C4CCNCC4)CN3C(=O)c3ccc(NC(=N)N)cc3)nc2Cl)cc1. The van der Waals surface area contributed by atoms with Gasteiger partial charge < -0.3 is 31.0 Å². The summed E-state index contributed by atoms with van der Waals surface area (Å²) in [5.74, 6) is 1.29. The lowest BCUT2D eigenvalue weighted by atomic mass is 9.83. The number of methoxy groups -OCH3 is 1. The molecule has 2 amide bonds. The summed E-state index contributed by atoms with van der Waals surface area (Å²) in [4.78, 5) is 35.3. The van der Waals surface area contributed by atoms with E-state index in [1.807, 2.05) is 17.0 Å². The zero-order valence-corrected chi connectivity index (χ0v) is 22.9. The number of H-pyrrole nitrogens is 1. The van der Waals surface area contributed by atoms with Gasteiger partial charge in [-0.25, -0.2) is 9.78 Å². The number of halogens is 1. The van der Waals surface area contributed by atoms with Crippen LogP contribution in [-0.4, -0.2) is 59.6 Å². The molecule has 40 heavy (non-hydrogen) atoms. The minimum atomic E-state index is -0.548. The van der Waals surface area contributed by atoms with Crippen LogP contribution in [0.25, 0.3) is 11.3 Å². The first-order chi connectivity index (χ1) is 19.3. The highest BCUT2D eigenvalue weighted by atomic mass is 35.5. The number of imidazole rings is 1. The van der Waals surface area contributed by atoms with Crippen molar-refractivity contribution in [1.82, 2.24) is 20.2 Å².